The monoisotopic (exact) mass is 244 g/mol. The summed E-state index contributed by atoms with van der Waals surface area (Å²) in [6.45, 7) is 5.79. The molecule has 0 fully saturated rings. The van der Waals surface area contributed by atoms with Crippen LogP contribution in [0.3, 0.4) is 0 Å². The molecule has 0 bridgehead atoms. The highest BCUT2D eigenvalue weighted by Crippen LogP contribution is 2.04. The number of nitrogens with zero attached hydrogens (tertiary/aromatic N) is 3. The summed E-state index contributed by atoms with van der Waals surface area (Å²) in [5.41, 5.74) is 4.62. The first-order chi connectivity index (χ1) is 8.69. The van der Waals surface area contributed by atoms with Crippen LogP contribution in [0.25, 0.3) is 0 Å². The lowest BCUT2D eigenvalue weighted by Crippen LogP contribution is -2.15. The fourth-order valence-electron chi connectivity index (χ4n) is 1.85. The zero-order chi connectivity index (χ0) is 13.0. The van der Waals surface area contributed by atoms with E-state index in [1.165, 1.54) is 11.3 Å². The number of pyridine rings is 1. The molecule has 0 atom stereocenters. The van der Waals surface area contributed by atoms with Crippen LogP contribution in [-0.4, -0.2) is 14.8 Å². The minimum Gasteiger partial charge on any atom is -0.307 e. The van der Waals surface area contributed by atoms with Gasteiger partial charge in [-0.05, 0) is 31.0 Å². The van der Waals surface area contributed by atoms with Crippen molar-refractivity contribution in [3.8, 4) is 0 Å². The van der Waals surface area contributed by atoms with E-state index in [0.29, 0.717) is 0 Å². The summed E-state index contributed by atoms with van der Waals surface area (Å²) in [6, 6.07) is 6.30. The first-order valence-corrected chi connectivity index (χ1v) is 6.33. The first kappa shape index (κ1) is 12.8. The molecule has 96 valence electrons. The van der Waals surface area contributed by atoms with Gasteiger partial charge in [0.25, 0.3) is 0 Å². The van der Waals surface area contributed by atoms with E-state index in [9.17, 15) is 0 Å². The Morgan fingerprint density at radius 1 is 1.28 bits per heavy atom. The molecule has 2 aromatic heterocycles. The molecule has 0 aliphatic carbocycles. The van der Waals surface area contributed by atoms with Crippen molar-refractivity contribution in [2.75, 3.05) is 0 Å². The van der Waals surface area contributed by atoms with Gasteiger partial charge in [-0.15, -0.1) is 0 Å². The molecule has 0 amide bonds. The van der Waals surface area contributed by atoms with Crippen molar-refractivity contribution in [1.29, 1.82) is 0 Å². The number of aromatic nitrogens is 3. The number of aryl methyl sites for hydroxylation is 3. The number of nitrogens with one attached hydrogen (secondary N) is 1. The molecule has 0 saturated carbocycles. The highest BCUT2D eigenvalue weighted by Gasteiger charge is 2.03. The quantitative estimate of drug-likeness (QED) is 0.874. The van der Waals surface area contributed by atoms with Gasteiger partial charge in [0, 0.05) is 32.0 Å². The molecule has 2 heterocycles. The van der Waals surface area contributed by atoms with Crippen molar-refractivity contribution >= 4 is 0 Å². The fraction of sp³-hybridized carbons (Fsp3) is 0.429. The molecule has 2 aromatic rings. The molecule has 2 rings (SSSR count). The number of hydrogen-bond donors (Lipinski definition) is 1. The summed E-state index contributed by atoms with van der Waals surface area (Å²) < 4.78 is 1.94. The summed E-state index contributed by atoms with van der Waals surface area (Å²) in [5.74, 6) is 0. The Morgan fingerprint density at radius 2 is 2.11 bits per heavy atom. The Balaban J connectivity index is 1.88. The number of hydrogen-bond acceptors (Lipinski definition) is 3. The second-order valence-corrected chi connectivity index (χ2v) is 4.52. The Morgan fingerprint density at radius 3 is 2.72 bits per heavy atom. The van der Waals surface area contributed by atoms with Gasteiger partial charge >= 0.3 is 0 Å². The van der Waals surface area contributed by atoms with Gasteiger partial charge in [0.15, 0.2) is 0 Å². The van der Waals surface area contributed by atoms with Gasteiger partial charge in [0.2, 0.25) is 0 Å². The average molecular weight is 244 g/mol. The molecule has 0 unspecified atom stereocenters. The lowest BCUT2D eigenvalue weighted by molar-refractivity contribution is 0.622. The molecule has 18 heavy (non-hydrogen) atoms. The summed E-state index contributed by atoms with van der Waals surface area (Å²) in [6.07, 6.45) is 2.90. The maximum absolute atomic E-state index is 4.43. The molecule has 0 spiro atoms. The average Bonchev–Trinajstić information content (AvgIpc) is 2.73. The predicted molar refractivity (Wildman–Crippen MR) is 72.1 cm³/mol. The van der Waals surface area contributed by atoms with Crippen LogP contribution in [-0.2, 0) is 26.6 Å². The van der Waals surface area contributed by atoms with Crippen LogP contribution in [0.2, 0.25) is 0 Å². The third kappa shape index (κ3) is 3.17. The van der Waals surface area contributed by atoms with Crippen LogP contribution in [0.5, 0.6) is 0 Å². The van der Waals surface area contributed by atoms with E-state index in [4.69, 9.17) is 0 Å². The maximum atomic E-state index is 4.43. The van der Waals surface area contributed by atoms with Gasteiger partial charge in [-0.3, -0.25) is 9.67 Å². The minimum absolute atomic E-state index is 0.831. The van der Waals surface area contributed by atoms with Crippen LogP contribution in [0.1, 0.15) is 29.6 Å². The highest BCUT2D eigenvalue weighted by atomic mass is 15.3. The second kappa shape index (κ2) is 5.78. The minimum atomic E-state index is 0.831. The van der Waals surface area contributed by atoms with Crippen molar-refractivity contribution in [2.45, 2.75) is 33.4 Å². The lowest BCUT2D eigenvalue weighted by Gasteiger charge is -2.05. The Bertz CT molecular complexity index is 499. The second-order valence-electron chi connectivity index (χ2n) is 4.52. The third-order valence-corrected chi connectivity index (χ3v) is 3.00. The summed E-state index contributed by atoms with van der Waals surface area (Å²) in [5, 5.41) is 7.85. The molecule has 4 nitrogen and oxygen atoms in total. The van der Waals surface area contributed by atoms with Gasteiger partial charge in [-0.1, -0.05) is 13.0 Å². The molecule has 0 radical (unpaired) electrons. The molecule has 0 aliphatic rings. The van der Waals surface area contributed by atoms with E-state index in [1.54, 1.807) is 0 Å². The van der Waals surface area contributed by atoms with Crippen molar-refractivity contribution in [2.24, 2.45) is 7.05 Å². The van der Waals surface area contributed by atoms with Gasteiger partial charge in [0.05, 0.1) is 11.4 Å². The molecule has 0 aliphatic heterocycles. The predicted octanol–water partition coefficient (Wildman–Crippen LogP) is 1.98. The smallest absolute Gasteiger partial charge is 0.0625 e. The molecular formula is C14H20N4. The normalized spacial score (nSPS) is 10.8. The van der Waals surface area contributed by atoms with Crippen LogP contribution < -0.4 is 5.32 Å². The van der Waals surface area contributed by atoms with E-state index >= 15 is 0 Å². The molecular weight excluding hydrogens is 224 g/mol. The zero-order valence-corrected chi connectivity index (χ0v) is 11.3. The molecule has 1 N–H and O–H groups in total. The van der Waals surface area contributed by atoms with Crippen molar-refractivity contribution in [3.63, 3.8) is 0 Å². The lowest BCUT2D eigenvalue weighted by atomic mass is 10.2. The van der Waals surface area contributed by atoms with Crippen LogP contribution in [0.4, 0.5) is 0 Å². The molecule has 0 saturated heterocycles. The number of rotatable bonds is 5. The van der Waals surface area contributed by atoms with E-state index in [-0.39, 0.29) is 0 Å². The van der Waals surface area contributed by atoms with Crippen molar-refractivity contribution in [1.82, 2.24) is 20.1 Å². The van der Waals surface area contributed by atoms with Crippen LogP contribution in [0.15, 0.2) is 24.4 Å². The van der Waals surface area contributed by atoms with Crippen molar-refractivity contribution in [3.05, 3.63) is 47.0 Å². The summed E-state index contributed by atoms with van der Waals surface area (Å²) >= 11 is 0. The van der Waals surface area contributed by atoms with Gasteiger partial charge in [-0.2, -0.15) is 5.10 Å². The van der Waals surface area contributed by atoms with Gasteiger partial charge in [-0.25, -0.2) is 0 Å². The van der Waals surface area contributed by atoms with Crippen LogP contribution in [0, 0.1) is 6.92 Å². The topological polar surface area (TPSA) is 42.7 Å². The largest absolute Gasteiger partial charge is 0.307 e. The van der Waals surface area contributed by atoms with Crippen molar-refractivity contribution < 1.29 is 0 Å². The van der Waals surface area contributed by atoms with Crippen LogP contribution >= 0.6 is 0 Å². The van der Waals surface area contributed by atoms with E-state index in [2.05, 4.69) is 34.5 Å². The fourth-order valence-corrected chi connectivity index (χ4v) is 1.85. The Kier molecular flexibility index (Phi) is 4.10. The summed E-state index contributed by atoms with van der Waals surface area (Å²) in [7, 11) is 1.99. The molecule has 4 heteroatoms. The Labute approximate surface area is 108 Å². The molecule has 0 aromatic carbocycles. The van der Waals surface area contributed by atoms with Gasteiger partial charge in [0.1, 0.15) is 0 Å². The Hall–Kier alpha value is -1.68. The first-order valence-electron chi connectivity index (χ1n) is 6.33. The SMILES string of the molecule is CCc1cc(CNCc2ccc(C)nc2)n(C)n1. The van der Waals surface area contributed by atoms with Gasteiger partial charge < -0.3 is 5.32 Å². The standard InChI is InChI=1S/C14H20N4/c1-4-13-7-14(18(3)17-13)10-15-8-12-6-5-11(2)16-9-12/h5-7,9,15H,4,8,10H2,1-3H3. The van der Waals surface area contributed by atoms with E-state index in [1.807, 2.05) is 30.9 Å². The maximum Gasteiger partial charge on any atom is 0.0625 e. The zero-order valence-electron chi connectivity index (χ0n) is 11.3. The van der Waals surface area contributed by atoms with E-state index < -0.39 is 0 Å². The summed E-state index contributed by atoms with van der Waals surface area (Å²) in [4.78, 5) is 4.28. The highest BCUT2D eigenvalue weighted by molar-refractivity contribution is 5.14. The third-order valence-electron chi connectivity index (χ3n) is 3.00. The van der Waals surface area contributed by atoms with E-state index in [0.717, 1.165) is 30.9 Å².